The Morgan fingerprint density at radius 1 is 1.33 bits per heavy atom. The summed E-state index contributed by atoms with van der Waals surface area (Å²) in [5.74, 6) is 0.604. The molecule has 0 atom stereocenters. The number of hydrogen-bond acceptors (Lipinski definition) is 3. The van der Waals surface area contributed by atoms with Crippen LogP contribution in [0.25, 0.3) is 0 Å². The van der Waals surface area contributed by atoms with Gasteiger partial charge in [0.1, 0.15) is 5.75 Å². The Balaban J connectivity index is 1.80. The molecular weight excluding hydrogens is 230 g/mol. The number of benzene rings is 1. The molecule has 0 N–H and O–H groups in total. The van der Waals surface area contributed by atoms with Crippen LogP contribution in [0.1, 0.15) is 25.3 Å². The van der Waals surface area contributed by atoms with Crippen molar-refractivity contribution in [2.24, 2.45) is 0 Å². The maximum absolute atomic E-state index is 11.8. The number of carbonyl (C=O) groups is 1. The lowest BCUT2D eigenvalue weighted by Gasteiger charge is -2.25. The Morgan fingerprint density at radius 3 is 2.72 bits per heavy atom. The van der Waals surface area contributed by atoms with Gasteiger partial charge < -0.3 is 4.74 Å². The van der Waals surface area contributed by atoms with E-state index in [9.17, 15) is 4.79 Å². The third-order valence-corrected chi connectivity index (χ3v) is 2.97. The van der Waals surface area contributed by atoms with Gasteiger partial charge in [-0.2, -0.15) is 0 Å². The predicted octanol–water partition coefficient (Wildman–Crippen LogP) is 2.18. The normalized spacial score (nSPS) is 15.5. The summed E-state index contributed by atoms with van der Waals surface area (Å²) in [6.45, 7) is 3.42. The smallest absolute Gasteiger partial charge is 0.283 e. The third-order valence-electron chi connectivity index (χ3n) is 2.97. The molecule has 98 valence electrons. The van der Waals surface area contributed by atoms with Crippen LogP contribution >= 0.6 is 0 Å². The molecule has 18 heavy (non-hydrogen) atoms. The fourth-order valence-electron chi connectivity index (χ4n) is 1.83. The first-order valence-corrected chi connectivity index (χ1v) is 6.44. The van der Waals surface area contributed by atoms with Crippen LogP contribution in [-0.4, -0.2) is 30.7 Å². The average molecular weight is 249 g/mol. The largest absolute Gasteiger partial charge is 0.484 e. The number of ether oxygens (including phenoxy) is 1. The van der Waals surface area contributed by atoms with Crippen molar-refractivity contribution in [2.45, 2.75) is 26.2 Å². The molecule has 0 aliphatic carbocycles. The van der Waals surface area contributed by atoms with Crippen molar-refractivity contribution in [1.82, 2.24) is 5.06 Å². The van der Waals surface area contributed by atoms with Crippen LogP contribution < -0.4 is 4.74 Å². The molecule has 0 radical (unpaired) electrons. The fourth-order valence-corrected chi connectivity index (χ4v) is 1.83. The molecule has 0 saturated carbocycles. The first-order valence-electron chi connectivity index (χ1n) is 6.44. The molecule has 1 saturated heterocycles. The highest BCUT2D eigenvalue weighted by Gasteiger charge is 2.17. The van der Waals surface area contributed by atoms with Gasteiger partial charge in [-0.1, -0.05) is 19.1 Å². The summed E-state index contributed by atoms with van der Waals surface area (Å²) in [5.41, 5.74) is 1.26. The molecule has 0 spiro atoms. The van der Waals surface area contributed by atoms with Gasteiger partial charge in [-0.25, -0.2) is 5.06 Å². The first-order chi connectivity index (χ1) is 8.79. The topological polar surface area (TPSA) is 38.8 Å². The van der Waals surface area contributed by atoms with Crippen molar-refractivity contribution >= 4 is 5.91 Å². The summed E-state index contributed by atoms with van der Waals surface area (Å²) < 4.78 is 5.45. The molecule has 1 heterocycles. The van der Waals surface area contributed by atoms with Gasteiger partial charge in [-0.05, 0) is 37.0 Å². The standard InChI is InChI=1S/C14H19NO3/c1-2-12-5-7-13(8-6-12)17-11-14(16)15-9-3-4-10-18-15/h5-8H,2-4,9-11H2,1H3. The van der Waals surface area contributed by atoms with Crippen molar-refractivity contribution in [1.29, 1.82) is 0 Å². The van der Waals surface area contributed by atoms with E-state index in [1.54, 1.807) is 0 Å². The summed E-state index contributed by atoms with van der Waals surface area (Å²) in [6, 6.07) is 7.81. The van der Waals surface area contributed by atoms with E-state index in [4.69, 9.17) is 9.57 Å². The van der Waals surface area contributed by atoms with E-state index >= 15 is 0 Å². The van der Waals surface area contributed by atoms with E-state index in [1.165, 1.54) is 10.6 Å². The molecule has 1 aliphatic rings. The van der Waals surface area contributed by atoms with Gasteiger partial charge in [0, 0.05) is 6.54 Å². The Kier molecular flexibility index (Phi) is 4.59. The van der Waals surface area contributed by atoms with Gasteiger partial charge in [0.25, 0.3) is 5.91 Å². The van der Waals surface area contributed by atoms with Crippen LogP contribution in [-0.2, 0) is 16.1 Å². The lowest BCUT2D eigenvalue weighted by molar-refractivity contribution is -0.198. The lowest BCUT2D eigenvalue weighted by atomic mass is 10.2. The van der Waals surface area contributed by atoms with E-state index in [0.29, 0.717) is 13.2 Å². The van der Waals surface area contributed by atoms with E-state index in [2.05, 4.69) is 6.92 Å². The summed E-state index contributed by atoms with van der Waals surface area (Å²) in [4.78, 5) is 17.0. The highest BCUT2D eigenvalue weighted by atomic mass is 16.7. The second-order valence-electron chi connectivity index (χ2n) is 4.32. The van der Waals surface area contributed by atoms with Crippen LogP contribution in [0.4, 0.5) is 0 Å². The third kappa shape index (κ3) is 3.47. The lowest BCUT2D eigenvalue weighted by Crippen LogP contribution is -2.38. The van der Waals surface area contributed by atoms with Crippen molar-refractivity contribution < 1.29 is 14.4 Å². The molecule has 1 fully saturated rings. The maximum atomic E-state index is 11.8. The zero-order chi connectivity index (χ0) is 12.8. The maximum Gasteiger partial charge on any atom is 0.283 e. The van der Waals surface area contributed by atoms with Crippen LogP contribution in [0.5, 0.6) is 5.75 Å². The quantitative estimate of drug-likeness (QED) is 0.821. The van der Waals surface area contributed by atoms with Gasteiger partial charge in [0.15, 0.2) is 6.61 Å². The van der Waals surface area contributed by atoms with Crippen LogP contribution in [0, 0.1) is 0 Å². The number of nitrogens with zero attached hydrogens (tertiary/aromatic N) is 1. The second-order valence-corrected chi connectivity index (χ2v) is 4.32. The highest BCUT2D eigenvalue weighted by molar-refractivity contribution is 5.76. The van der Waals surface area contributed by atoms with Crippen molar-refractivity contribution in [3.8, 4) is 5.75 Å². The number of rotatable bonds is 4. The number of hydrogen-bond donors (Lipinski definition) is 0. The van der Waals surface area contributed by atoms with Crippen LogP contribution in [0.3, 0.4) is 0 Å². The van der Waals surface area contributed by atoms with E-state index in [1.807, 2.05) is 24.3 Å². The van der Waals surface area contributed by atoms with Crippen molar-refractivity contribution in [3.05, 3.63) is 29.8 Å². The zero-order valence-corrected chi connectivity index (χ0v) is 10.7. The van der Waals surface area contributed by atoms with E-state index in [-0.39, 0.29) is 12.5 Å². The Labute approximate surface area is 107 Å². The predicted molar refractivity (Wildman–Crippen MR) is 68.2 cm³/mol. The van der Waals surface area contributed by atoms with Crippen molar-refractivity contribution in [3.63, 3.8) is 0 Å². The molecule has 2 rings (SSSR count). The van der Waals surface area contributed by atoms with E-state index in [0.717, 1.165) is 25.0 Å². The van der Waals surface area contributed by atoms with Crippen LogP contribution in [0.15, 0.2) is 24.3 Å². The number of carbonyl (C=O) groups excluding carboxylic acids is 1. The second kappa shape index (κ2) is 6.40. The minimum atomic E-state index is -0.116. The van der Waals surface area contributed by atoms with Gasteiger partial charge in [0.05, 0.1) is 6.61 Å². The Hall–Kier alpha value is -1.55. The molecule has 4 heteroatoms. The summed E-state index contributed by atoms with van der Waals surface area (Å²) in [5, 5.41) is 1.41. The van der Waals surface area contributed by atoms with Gasteiger partial charge in [0.2, 0.25) is 0 Å². The molecule has 0 unspecified atom stereocenters. The molecule has 1 aromatic rings. The monoisotopic (exact) mass is 249 g/mol. The molecule has 1 aliphatic heterocycles. The fraction of sp³-hybridized carbons (Fsp3) is 0.500. The minimum absolute atomic E-state index is 0.0332. The van der Waals surface area contributed by atoms with E-state index < -0.39 is 0 Å². The number of hydroxylamine groups is 2. The van der Waals surface area contributed by atoms with Gasteiger partial charge in [-0.15, -0.1) is 0 Å². The molecule has 0 aromatic heterocycles. The molecular formula is C14H19NO3. The first kappa shape index (κ1) is 12.9. The number of aryl methyl sites for hydroxylation is 1. The highest BCUT2D eigenvalue weighted by Crippen LogP contribution is 2.13. The minimum Gasteiger partial charge on any atom is -0.484 e. The Morgan fingerprint density at radius 2 is 2.11 bits per heavy atom. The van der Waals surface area contributed by atoms with Crippen molar-refractivity contribution in [2.75, 3.05) is 19.8 Å². The summed E-state index contributed by atoms with van der Waals surface area (Å²) in [7, 11) is 0. The molecule has 1 amide bonds. The average Bonchev–Trinajstić information content (AvgIpc) is 2.46. The van der Waals surface area contributed by atoms with Gasteiger partial charge in [-0.3, -0.25) is 9.63 Å². The number of amides is 1. The van der Waals surface area contributed by atoms with Crippen LogP contribution in [0.2, 0.25) is 0 Å². The summed E-state index contributed by atoms with van der Waals surface area (Å²) >= 11 is 0. The molecule has 1 aromatic carbocycles. The summed E-state index contributed by atoms with van der Waals surface area (Å²) in [6.07, 6.45) is 3.01. The SMILES string of the molecule is CCc1ccc(OCC(=O)N2CCCCO2)cc1. The molecule has 0 bridgehead atoms. The Bertz CT molecular complexity index is 383. The van der Waals surface area contributed by atoms with Gasteiger partial charge >= 0.3 is 0 Å². The molecule has 4 nitrogen and oxygen atoms in total. The zero-order valence-electron chi connectivity index (χ0n) is 10.7.